The minimum atomic E-state index is -0.790. The third kappa shape index (κ3) is 3.99. The van der Waals surface area contributed by atoms with Gasteiger partial charge in [-0.3, -0.25) is 9.59 Å². The van der Waals surface area contributed by atoms with Crippen LogP contribution in [-0.2, 0) is 4.79 Å². The highest BCUT2D eigenvalue weighted by molar-refractivity contribution is 6.45. The monoisotopic (exact) mass is 500 g/mol. The second kappa shape index (κ2) is 9.26. The molecule has 1 fully saturated rings. The van der Waals surface area contributed by atoms with E-state index in [-0.39, 0.29) is 22.3 Å². The molecule has 5 aromatic rings. The fraction of sp³-hybridized carbons (Fsp3) is 0.208. The summed E-state index contributed by atoms with van der Waals surface area (Å²) in [5.41, 5.74) is 1.08. The molecule has 37 heavy (non-hydrogen) atoms. The van der Waals surface area contributed by atoms with Crippen LogP contribution >= 0.6 is 0 Å². The summed E-state index contributed by atoms with van der Waals surface area (Å²) in [7, 11) is 0. The molecule has 0 spiro atoms. The normalized spacial score (nSPS) is 14.2. The van der Waals surface area contributed by atoms with Gasteiger partial charge in [-0.05, 0) is 18.6 Å². The number of para-hydroxylation sites is 1. The number of hydrogen-bond acceptors (Lipinski definition) is 8. The Morgan fingerprint density at radius 2 is 1.89 bits per heavy atom. The van der Waals surface area contributed by atoms with Gasteiger partial charge in [-0.1, -0.05) is 23.4 Å². The number of hydrogen-bond donors (Lipinski definition) is 1. The van der Waals surface area contributed by atoms with Crippen LogP contribution in [0.25, 0.3) is 22.4 Å². The SMILES string of the molecule is O=C(C(=O)N1CCCN(c2ncnn2-c2ccccc2)CC1)c1c[nH]c2c(-n3ccnn3)ncc(F)c12. The van der Waals surface area contributed by atoms with Crippen molar-refractivity contribution in [3.8, 4) is 11.5 Å². The van der Waals surface area contributed by atoms with E-state index in [9.17, 15) is 14.0 Å². The lowest BCUT2D eigenvalue weighted by atomic mass is 10.1. The van der Waals surface area contributed by atoms with Crippen molar-refractivity contribution in [3.63, 3.8) is 0 Å². The number of Topliss-reactive ketones (excluding diaryl/α,β-unsaturated/α-hetero) is 1. The molecule has 0 bridgehead atoms. The van der Waals surface area contributed by atoms with E-state index in [1.807, 2.05) is 35.2 Å². The number of H-pyrrole nitrogens is 1. The van der Waals surface area contributed by atoms with Gasteiger partial charge in [0.2, 0.25) is 5.95 Å². The molecular formula is C24H21FN10O2. The smallest absolute Gasteiger partial charge is 0.295 e. The molecule has 1 saturated heterocycles. The molecule has 1 N–H and O–H groups in total. The number of rotatable bonds is 5. The predicted molar refractivity (Wildman–Crippen MR) is 130 cm³/mol. The molecule has 5 heterocycles. The number of anilines is 1. The number of carbonyl (C=O) groups is 2. The maximum atomic E-state index is 14.8. The van der Waals surface area contributed by atoms with Gasteiger partial charge in [-0.25, -0.2) is 14.1 Å². The van der Waals surface area contributed by atoms with Gasteiger partial charge < -0.3 is 14.8 Å². The van der Waals surface area contributed by atoms with Crippen LogP contribution in [0.4, 0.5) is 10.3 Å². The summed E-state index contributed by atoms with van der Waals surface area (Å²) in [6.45, 7) is 1.80. The Morgan fingerprint density at radius 1 is 1.03 bits per heavy atom. The first-order valence-electron chi connectivity index (χ1n) is 11.7. The van der Waals surface area contributed by atoms with E-state index in [1.165, 1.54) is 28.3 Å². The zero-order valence-electron chi connectivity index (χ0n) is 19.5. The van der Waals surface area contributed by atoms with Crippen molar-refractivity contribution in [2.45, 2.75) is 6.42 Å². The number of amides is 1. The third-order valence-electron chi connectivity index (χ3n) is 6.32. The average molecular weight is 500 g/mol. The maximum absolute atomic E-state index is 14.8. The molecular weight excluding hydrogens is 479 g/mol. The number of nitrogens with zero attached hydrogens (tertiary/aromatic N) is 9. The Hall–Kier alpha value is -4.94. The lowest BCUT2D eigenvalue weighted by molar-refractivity contribution is -0.126. The van der Waals surface area contributed by atoms with Gasteiger partial charge in [-0.2, -0.15) is 14.8 Å². The Kier molecular flexibility index (Phi) is 5.63. The van der Waals surface area contributed by atoms with Crippen LogP contribution in [-0.4, -0.2) is 82.5 Å². The standard InChI is InChI=1S/C24H21FN10O2/c25-18-14-27-22(34-10-7-29-31-34)20-19(18)17(13-26-20)21(36)23(37)32-8-4-9-33(12-11-32)24-28-15-30-35(24)16-5-2-1-3-6-16/h1-3,5-7,10,13-15,26H,4,8-9,11-12H2. The number of ketones is 1. The molecule has 6 rings (SSSR count). The Morgan fingerprint density at radius 3 is 2.70 bits per heavy atom. The summed E-state index contributed by atoms with van der Waals surface area (Å²) in [5, 5.41) is 12.0. The van der Waals surface area contributed by atoms with Crippen molar-refractivity contribution < 1.29 is 14.0 Å². The first-order valence-corrected chi connectivity index (χ1v) is 11.7. The van der Waals surface area contributed by atoms with E-state index < -0.39 is 17.5 Å². The van der Waals surface area contributed by atoms with Gasteiger partial charge in [-0.15, -0.1) is 5.10 Å². The predicted octanol–water partition coefficient (Wildman–Crippen LogP) is 1.78. The fourth-order valence-electron chi connectivity index (χ4n) is 4.55. The first kappa shape index (κ1) is 22.5. The van der Waals surface area contributed by atoms with Crippen LogP contribution < -0.4 is 4.90 Å². The summed E-state index contributed by atoms with van der Waals surface area (Å²) in [6, 6.07) is 9.66. The quantitative estimate of drug-likeness (QED) is 0.286. The molecule has 186 valence electrons. The zero-order valence-corrected chi connectivity index (χ0v) is 19.5. The van der Waals surface area contributed by atoms with E-state index in [2.05, 4.69) is 30.4 Å². The molecule has 12 nitrogen and oxygen atoms in total. The topological polar surface area (TPSA) is 131 Å². The van der Waals surface area contributed by atoms with Crippen molar-refractivity contribution in [3.05, 3.63) is 72.8 Å². The van der Waals surface area contributed by atoms with Gasteiger partial charge in [0.25, 0.3) is 11.7 Å². The summed E-state index contributed by atoms with van der Waals surface area (Å²) < 4.78 is 17.9. The first-order chi connectivity index (χ1) is 18.1. The molecule has 1 aromatic carbocycles. The van der Waals surface area contributed by atoms with Crippen LogP contribution in [0.2, 0.25) is 0 Å². The van der Waals surface area contributed by atoms with E-state index >= 15 is 0 Å². The fourth-order valence-corrected chi connectivity index (χ4v) is 4.55. The highest BCUT2D eigenvalue weighted by Gasteiger charge is 2.30. The van der Waals surface area contributed by atoms with Crippen molar-refractivity contribution in [1.82, 2.24) is 44.6 Å². The molecule has 0 unspecified atom stereocenters. The molecule has 0 radical (unpaired) electrons. The summed E-state index contributed by atoms with van der Waals surface area (Å²) in [6.07, 6.45) is 7.47. The number of aromatic amines is 1. The number of halogens is 1. The van der Waals surface area contributed by atoms with E-state index in [0.29, 0.717) is 38.5 Å². The van der Waals surface area contributed by atoms with Gasteiger partial charge in [0, 0.05) is 32.4 Å². The van der Waals surface area contributed by atoms with E-state index in [4.69, 9.17) is 0 Å². The third-order valence-corrected chi connectivity index (χ3v) is 6.32. The number of carbonyl (C=O) groups excluding carboxylic acids is 2. The van der Waals surface area contributed by atoms with Crippen LogP contribution in [0.3, 0.4) is 0 Å². The van der Waals surface area contributed by atoms with Crippen LogP contribution in [0, 0.1) is 5.82 Å². The highest BCUT2D eigenvalue weighted by atomic mass is 19.1. The summed E-state index contributed by atoms with van der Waals surface area (Å²) in [4.78, 5) is 41.4. The molecule has 1 aliphatic heterocycles. The maximum Gasteiger partial charge on any atom is 0.295 e. The number of nitrogens with one attached hydrogen (secondary N) is 1. The minimum Gasteiger partial charge on any atom is -0.357 e. The molecule has 0 aliphatic carbocycles. The summed E-state index contributed by atoms with van der Waals surface area (Å²) in [5.74, 6) is -1.25. The number of pyridine rings is 1. The molecule has 0 saturated carbocycles. The number of benzene rings is 1. The second-order valence-electron chi connectivity index (χ2n) is 8.50. The minimum absolute atomic E-state index is 0.00809. The van der Waals surface area contributed by atoms with Crippen molar-refractivity contribution >= 4 is 28.5 Å². The largest absolute Gasteiger partial charge is 0.357 e. The molecule has 4 aromatic heterocycles. The van der Waals surface area contributed by atoms with Crippen LogP contribution in [0.1, 0.15) is 16.8 Å². The number of aromatic nitrogens is 8. The van der Waals surface area contributed by atoms with Crippen molar-refractivity contribution in [1.29, 1.82) is 0 Å². The van der Waals surface area contributed by atoms with E-state index in [1.54, 1.807) is 10.9 Å². The Balaban J connectivity index is 1.23. The van der Waals surface area contributed by atoms with Crippen molar-refractivity contribution in [2.75, 3.05) is 31.1 Å². The van der Waals surface area contributed by atoms with Gasteiger partial charge in [0.05, 0.1) is 40.7 Å². The van der Waals surface area contributed by atoms with E-state index in [0.717, 1.165) is 11.9 Å². The zero-order chi connectivity index (χ0) is 25.4. The molecule has 0 atom stereocenters. The Labute approximate surface area is 209 Å². The van der Waals surface area contributed by atoms with Gasteiger partial charge >= 0.3 is 0 Å². The van der Waals surface area contributed by atoms with Gasteiger partial charge in [0.1, 0.15) is 6.33 Å². The van der Waals surface area contributed by atoms with Gasteiger partial charge in [0.15, 0.2) is 11.6 Å². The molecule has 13 heteroatoms. The average Bonchev–Trinajstić information content (AvgIpc) is 3.68. The highest BCUT2D eigenvalue weighted by Crippen LogP contribution is 2.26. The van der Waals surface area contributed by atoms with Crippen LogP contribution in [0.15, 0.2) is 61.4 Å². The lowest BCUT2D eigenvalue weighted by Crippen LogP contribution is -2.39. The summed E-state index contributed by atoms with van der Waals surface area (Å²) >= 11 is 0. The lowest BCUT2D eigenvalue weighted by Gasteiger charge is -2.22. The molecule has 1 amide bonds. The second-order valence-corrected chi connectivity index (χ2v) is 8.50. The van der Waals surface area contributed by atoms with Crippen LogP contribution in [0.5, 0.6) is 0 Å². The van der Waals surface area contributed by atoms with Crippen molar-refractivity contribution in [2.24, 2.45) is 0 Å². The molecule has 1 aliphatic rings. The Bertz CT molecular complexity index is 1580. The number of fused-ring (bicyclic) bond motifs is 1.